The lowest BCUT2D eigenvalue weighted by Gasteiger charge is -2.41. The molecular weight excluding hydrogens is 224 g/mol. The monoisotopic (exact) mass is 250 g/mol. The zero-order valence-corrected chi connectivity index (χ0v) is 11.9. The first kappa shape index (κ1) is 13.6. The van der Waals surface area contributed by atoms with Gasteiger partial charge in [0.2, 0.25) is 0 Å². The van der Waals surface area contributed by atoms with Crippen LogP contribution in [0.15, 0.2) is 11.8 Å². The smallest absolute Gasteiger partial charge is 0.160 e. The van der Waals surface area contributed by atoms with Crippen molar-refractivity contribution in [2.45, 2.75) is 57.5 Å². The molecule has 3 nitrogen and oxygen atoms in total. The molecule has 102 valence electrons. The van der Waals surface area contributed by atoms with Gasteiger partial charge in [-0.15, -0.1) is 0 Å². The van der Waals surface area contributed by atoms with Gasteiger partial charge in [0.1, 0.15) is 0 Å². The number of nitrogens with one attached hydrogen (secondary N) is 1. The molecule has 2 aliphatic rings. The van der Waals surface area contributed by atoms with E-state index in [-0.39, 0.29) is 0 Å². The van der Waals surface area contributed by atoms with Crippen LogP contribution in [0.2, 0.25) is 0 Å². The van der Waals surface area contributed by atoms with Crippen molar-refractivity contribution in [2.75, 3.05) is 14.1 Å². The minimum absolute atomic E-state index is 0.362. The minimum Gasteiger partial charge on any atom is -0.383 e. The van der Waals surface area contributed by atoms with Gasteiger partial charge in [0.25, 0.3) is 0 Å². The van der Waals surface area contributed by atoms with Crippen molar-refractivity contribution in [3.63, 3.8) is 0 Å². The van der Waals surface area contributed by atoms with E-state index in [0.717, 1.165) is 18.4 Å². The molecule has 1 saturated heterocycles. The zero-order chi connectivity index (χ0) is 13.1. The molecule has 2 fully saturated rings. The molecule has 1 heterocycles. The lowest BCUT2D eigenvalue weighted by atomic mass is 9.75. The molecule has 0 amide bonds. The molecule has 0 spiro atoms. The highest BCUT2D eigenvalue weighted by Gasteiger charge is 2.36. The molecule has 0 radical (unpaired) electrons. The number of nitrogens with zero attached hydrogens (tertiary/aromatic N) is 1. The summed E-state index contributed by atoms with van der Waals surface area (Å²) in [6, 6.07) is 1.20. The second-order valence-electron chi connectivity index (χ2n) is 6.05. The Labute approximate surface area is 111 Å². The lowest BCUT2D eigenvalue weighted by Crippen LogP contribution is -2.50. The van der Waals surface area contributed by atoms with E-state index in [1.807, 2.05) is 25.2 Å². The Kier molecular flexibility index (Phi) is 4.44. The first-order chi connectivity index (χ1) is 8.60. The van der Waals surface area contributed by atoms with Gasteiger partial charge in [-0.25, -0.2) is 0 Å². The van der Waals surface area contributed by atoms with Gasteiger partial charge in [-0.3, -0.25) is 4.79 Å². The van der Waals surface area contributed by atoms with Crippen molar-refractivity contribution in [3.05, 3.63) is 11.8 Å². The van der Waals surface area contributed by atoms with E-state index >= 15 is 0 Å². The quantitative estimate of drug-likeness (QED) is 0.780. The Bertz CT molecular complexity index is 335. The van der Waals surface area contributed by atoms with Gasteiger partial charge >= 0.3 is 0 Å². The fraction of sp³-hybridized carbons (Fsp3) is 0.800. The van der Waals surface area contributed by atoms with Gasteiger partial charge in [-0.2, -0.15) is 0 Å². The molecule has 3 heteroatoms. The molecule has 0 bridgehead atoms. The Balaban J connectivity index is 2.01. The summed E-state index contributed by atoms with van der Waals surface area (Å²) in [5, 5.41) is 3.77. The largest absolute Gasteiger partial charge is 0.383 e. The lowest BCUT2D eigenvalue weighted by molar-refractivity contribution is -0.118. The normalized spacial score (nSPS) is 34.5. The van der Waals surface area contributed by atoms with E-state index in [9.17, 15) is 4.79 Å². The maximum absolute atomic E-state index is 12.1. The maximum Gasteiger partial charge on any atom is 0.160 e. The summed E-state index contributed by atoms with van der Waals surface area (Å²) in [4.78, 5) is 14.1. The van der Waals surface area contributed by atoms with Gasteiger partial charge in [-0.1, -0.05) is 13.3 Å². The molecule has 1 aliphatic carbocycles. The number of fused-ring (bicyclic) bond motifs is 1. The van der Waals surface area contributed by atoms with Crippen molar-refractivity contribution in [1.82, 2.24) is 10.2 Å². The van der Waals surface area contributed by atoms with E-state index in [4.69, 9.17) is 0 Å². The molecule has 1 aliphatic heterocycles. The van der Waals surface area contributed by atoms with E-state index in [2.05, 4.69) is 12.2 Å². The first-order valence-corrected chi connectivity index (χ1v) is 7.26. The van der Waals surface area contributed by atoms with E-state index in [1.54, 1.807) is 0 Å². The van der Waals surface area contributed by atoms with Crippen LogP contribution in [0.4, 0.5) is 0 Å². The van der Waals surface area contributed by atoms with Crippen LogP contribution in [0, 0.1) is 5.92 Å². The second-order valence-corrected chi connectivity index (χ2v) is 6.05. The minimum atomic E-state index is 0.362. The fourth-order valence-electron chi connectivity index (χ4n) is 3.34. The van der Waals surface area contributed by atoms with Crippen LogP contribution in [0.5, 0.6) is 0 Å². The SMILES string of the molecule is CCC[C@@H]1CC[C@@H]2CC(=O)C(=CN(C)C)CC2N1. The van der Waals surface area contributed by atoms with E-state index in [0.29, 0.717) is 23.8 Å². The summed E-state index contributed by atoms with van der Waals surface area (Å²) in [6.07, 6.45) is 8.65. The number of ketones is 1. The summed E-state index contributed by atoms with van der Waals surface area (Å²) >= 11 is 0. The van der Waals surface area contributed by atoms with Crippen LogP contribution < -0.4 is 5.32 Å². The number of hydrogen-bond acceptors (Lipinski definition) is 3. The average Bonchev–Trinajstić information content (AvgIpc) is 2.30. The summed E-state index contributed by atoms with van der Waals surface area (Å²) in [6.45, 7) is 2.25. The molecule has 2 rings (SSSR count). The predicted molar refractivity (Wildman–Crippen MR) is 74.4 cm³/mol. The highest BCUT2D eigenvalue weighted by molar-refractivity contribution is 5.96. The van der Waals surface area contributed by atoms with Crippen molar-refractivity contribution >= 4 is 5.78 Å². The summed E-state index contributed by atoms with van der Waals surface area (Å²) in [5.41, 5.74) is 1.01. The van der Waals surface area contributed by atoms with Crippen LogP contribution in [0.25, 0.3) is 0 Å². The summed E-state index contributed by atoms with van der Waals surface area (Å²) in [7, 11) is 3.97. The van der Waals surface area contributed by atoms with Crippen LogP contribution in [0.1, 0.15) is 45.4 Å². The summed E-state index contributed by atoms with van der Waals surface area (Å²) in [5.74, 6) is 0.936. The third-order valence-electron chi connectivity index (χ3n) is 4.20. The standard InChI is InChI=1S/C15H26N2O/c1-4-5-13-7-6-11-9-15(18)12(10-17(2)3)8-14(11)16-13/h10-11,13-14,16H,4-9H2,1-3H3/t11-,13-,14?/m1/s1. The number of Topliss-reactive ketones (excluding diaryl/α,β-unsaturated/α-hetero) is 1. The molecule has 0 aromatic carbocycles. The second kappa shape index (κ2) is 5.87. The molecule has 0 aromatic heterocycles. The van der Waals surface area contributed by atoms with Gasteiger partial charge < -0.3 is 10.2 Å². The number of rotatable bonds is 3. The van der Waals surface area contributed by atoms with Crippen LogP contribution in [0.3, 0.4) is 0 Å². The average molecular weight is 250 g/mol. The number of piperidine rings is 1. The van der Waals surface area contributed by atoms with Crippen molar-refractivity contribution in [3.8, 4) is 0 Å². The van der Waals surface area contributed by atoms with E-state index in [1.165, 1.54) is 25.7 Å². The molecular formula is C15H26N2O. The molecule has 0 aromatic rings. The fourth-order valence-corrected chi connectivity index (χ4v) is 3.34. The van der Waals surface area contributed by atoms with Gasteiger partial charge in [0.15, 0.2) is 5.78 Å². The van der Waals surface area contributed by atoms with Crippen LogP contribution in [-0.2, 0) is 4.79 Å². The Morgan fingerprint density at radius 2 is 2.11 bits per heavy atom. The van der Waals surface area contributed by atoms with Gasteiger partial charge in [0.05, 0.1) is 0 Å². The Morgan fingerprint density at radius 1 is 1.33 bits per heavy atom. The molecule has 3 atom stereocenters. The topological polar surface area (TPSA) is 32.3 Å². The van der Waals surface area contributed by atoms with Crippen molar-refractivity contribution in [1.29, 1.82) is 0 Å². The third kappa shape index (κ3) is 3.14. The maximum atomic E-state index is 12.1. The number of carbonyl (C=O) groups is 1. The molecule has 18 heavy (non-hydrogen) atoms. The Hall–Kier alpha value is -0.830. The Morgan fingerprint density at radius 3 is 2.78 bits per heavy atom. The zero-order valence-electron chi connectivity index (χ0n) is 11.9. The van der Waals surface area contributed by atoms with Crippen molar-refractivity contribution < 1.29 is 4.79 Å². The van der Waals surface area contributed by atoms with Crippen molar-refractivity contribution in [2.24, 2.45) is 5.92 Å². The number of carbonyl (C=O) groups excluding carboxylic acids is 1. The molecule has 1 unspecified atom stereocenters. The molecule has 1 N–H and O–H groups in total. The first-order valence-electron chi connectivity index (χ1n) is 7.26. The highest BCUT2D eigenvalue weighted by atomic mass is 16.1. The predicted octanol–water partition coefficient (Wildman–Crippen LogP) is 2.33. The molecule has 1 saturated carbocycles. The number of hydrogen-bond donors (Lipinski definition) is 1. The van der Waals surface area contributed by atoms with Gasteiger partial charge in [0, 0.05) is 44.4 Å². The van der Waals surface area contributed by atoms with Crippen LogP contribution >= 0.6 is 0 Å². The summed E-state index contributed by atoms with van der Waals surface area (Å²) < 4.78 is 0. The van der Waals surface area contributed by atoms with Crippen LogP contribution in [-0.4, -0.2) is 36.9 Å². The van der Waals surface area contributed by atoms with Gasteiger partial charge in [-0.05, 0) is 31.6 Å². The highest BCUT2D eigenvalue weighted by Crippen LogP contribution is 2.34. The van der Waals surface area contributed by atoms with E-state index < -0.39 is 0 Å². The third-order valence-corrected chi connectivity index (χ3v) is 4.20.